The molecule has 2 atom stereocenters. The molecule has 1 saturated heterocycles. The van der Waals surface area contributed by atoms with Crippen LogP contribution >= 0.6 is 0 Å². The number of cyclic esters (lactones) is 1. The molecule has 0 amide bonds. The fraction of sp³-hybridized carbons (Fsp3) is 0.889. The van der Waals surface area contributed by atoms with Gasteiger partial charge in [0.2, 0.25) is 0 Å². The molecule has 2 aliphatic rings. The lowest BCUT2D eigenvalue weighted by Gasteiger charge is -2.22. The predicted octanol–water partition coefficient (Wildman–Crippen LogP) is 1.74. The van der Waals surface area contributed by atoms with Crippen molar-refractivity contribution in [2.24, 2.45) is 11.3 Å². The molecule has 1 heterocycles. The minimum Gasteiger partial charge on any atom is -0.465 e. The number of carbonyl (C=O) groups excluding carboxylic acids is 1. The van der Waals surface area contributed by atoms with Crippen molar-refractivity contribution in [1.82, 2.24) is 0 Å². The maximum atomic E-state index is 11.4. The Labute approximate surface area is 66.9 Å². The minimum absolute atomic E-state index is 0.0556. The summed E-state index contributed by atoms with van der Waals surface area (Å²) in [5.74, 6) is 0.625. The van der Waals surface area contributed by atoms with Crippen LogP contribution in [-0.2, 0) is 9.53 Å². The molecule has 0 unspecified atom stereocenters. The van der Waals surface area contributed by atoms with Gasteiger partial charge in [0.05, 0.1) is 12.0 Å². The normalized spacial score (nSPS) is 43.4. The van der Waals surface area contributed by atoms with Crippen LogP contribution in [0.3, 0.4) is 0 Å². The van der Waals surface area contributed by atoms with Crippen molar-refractivity contribution in [1.29, 1.82) is 0 Å². The van der Waals surface area contributed by atoms with Crippen LogP contribution in [-0.4, -0.2) is 12.6 Å². The SMILES string of the molecule is C[C@H]1CCC[C@]12CCOC2=O. The third-order valence-electron chi connectivity index (χ3n) is 3.39. The van der Waals surface area contributed by atoms with Crippen LogP contribution in [0.25, 0.3) is 0 Å². The number of esters is 1. The second-order valence-electron chi connectivity index (χ2n) is 3.84. The highest BCUT2D eigenvalue weighted by atomic mass is 16.5. The van der Waals surface area contributed by atoms with Crippen LogP contribution in [0.1, 0.15) is 32.6 Å². The third kappa shape index (κ3) is 0.815. The summed E-state index contributed by atoms with van der Waals surface area (Å²) in [4.78, 5) is 11.4. The van der Waals surface area contributed by atoms with Crippen LogP contribution in [0.15, 0.2) is 0 Å². The molecule has 0 aromatic carbocycles. The summed E-state index contributed by atoms with van der Waals surface area (Å²) in [7, 11) is 0. The van der Waals surface area contributed by atoms with Crippen molar-refractivity contribution in [2.75, 3.05) is 6.61 Å². The average Bonchev–Trinajstić information content (AvgIpc) is 2.48. The maximum absolute atomic E-state index is 11.4. The Morgan fingerprint density at radius 2 is 2.36 bits per heavy atom. The molecular weight excluding hydrogens is 140 g/mol. The van der Waals surface area contributed by atoms with E-state index in [9.17, 15) is 4.79 Å². The molecule has 0 bridgehead atoms. The smallest absolute Gasteiger partial charge is 0.312 e. The van der Waals surface area contributed by atoms with Crippen molar-refractivity contribution in [3.05, 3.63) is 0 Å². The van der Waals surface area contributed by atoms with E-state index in [-0.39, 0.29) is 11.4 Å². The lowest BCUT2D eigenvalue weighted by Crippen LogP contribution is -2.28. The second-order valence-corrected chi connectivity index (χ2v) is 3.84. The van der Waals surface area contributed by atoms with Gasteiger partial charge in [0.25, 0.3) is 0 Å². The molecule has 1 spiro atoms. The van der Waals surface area contributed by atoms with Crippen LogP contribution in [0.5, 0.6) is 0 Å². The zero-order valence-corrected chi connectivity index (χ0v) is 6.93. The second kappa shape index (κ2) is 2.23. The van der Waals surface area contributed by atoms with Gasteiger partial charge in [0.1, 0.15) is 0 Å². The number of carbonyl (C=O) groups is 1. The van der Waals surface area contributed by atoms with Gasteiger partial charge >= 0.3 is 5.97 Å². The molecule has 0 aromatic rings. The molecule has 0 radical (unpaired) electrons. The standard InChI is InChI=1S/C9H14O2/c1-7-3-2-4-9(7)5-6-11-8(9)10/h7H,2-6H2,1H3/t7-,9-/m0/s1. The molecule has 1 saturated carbocycles. The van der Waals surface area contributed by atoms with Crippen molar-refractivity contribution in [3.63, 3.8) is 0 Å². The fourth-order valence-corrected chi connectivity index (χ4v) is 2.49. The molecule has 62 valence electrons. The first-order valence-corrected chi connectivity index (χ1v) is 4.43. The zero-order valence-electron chi connectivity index (χ0n) is 6.93. The van der Waals surface area contributed by atoms with Gasteiger partial charge in [0.15, 0.2) is 0 Å². The summed E-state index contributed by atoms with van der Waals surface area (Å²) < 4.78 is 5.02. The summed E-state index contributed by atoms with van der Waals surface area (Å²) >= 11 is 0. The van der Waals surface area contributed by atoms with Gasteiger partial charge in [-0.05, 0) is 25.2 Å². The molecule has 0 aromatic heterocycles. The Balaban J connectivity index is 2.25. The van der Waals surface area contributed by atoms with Gasteiger partial charge in [-0.1, -0.05) is 13.3 Å². The topological polar surface area (TPSA) is 26.3 Å². The Kier molecular flexibility index (Phi) is 1.44. The largest absolute Gasteiger partial charge is 0.465 e. The van der Waals surface area contributed by atoms with Gasteiger partial charge in [-0.2, -0.15) is 0 Å². The number of ether oxygens (including phenoxy) is 1. The van der Waals surface area contributed by atoms with Gasteiger partial charge in [-0.15, -0.1) is 0 Å². The summed E-state index contributed by atoms with van der Waals surface area (Å²) in [6, 6.07) is 0. The highest BCUT2D eigenvalue weighted by Crippen LogP contribution is 2.49. The summed E-state index contributed by atoms with van der Waals surface area (Å²) in [6.45, 7) is 2.84. The monoisotopic (exact) mass is 154 g/mol. The van der Waals surface area contributed by atoms with Crippen LogP contribution < -0.4 is 0 Å². The van der Waals surface area contributed by atoms with E-state index in [1.54, 1.807) is 0 Å². The molecule has 2 rings (SSSR count). The van der Waals surface area contributed by atoms with E-state index in [0.717, 1.165) is 12.8 Å². The summed E-state index contributed by atoms with van der Waals surface area (Å²) in [6.07, 6.45) is 4.44. The molecule has 11 heavy (non-hydrogen) atoms. The summed E-state index contributed by atoms with van der Waals surface area (Å²) in [5, 5.41) is 0. The number of hydrogen-bond acceptors (Lipinski definition) is 2. The average molecular weight is 154 g/mol. The van der Waals surface area contributed by atoms with E-state index in [4.69, 9.17) is 4.74 Å². The van der Waals surface area contributed by atoms with E-state index in [2.05, 4.69) is 6.92 Å². The van der Waals surface area contributed by atoms with Crippen LogP contribution in [0.2, 0.25) is 0 Å². The van der Waals surface area contributed by atoms with Crippen molar-refractivity contribution in [3.8, 4) is 0 Å². The molecule has 0 N–H and O–H groups in total. The van der Waals surface area contributed by atoms with Gasteiger partial charge in [0, 0.05) is 0 Å². The molecule has 1 aliphatic heterocycles. The molecule has 2 fully saturated rings. The highest BCUT2D eigenvalue weighted by molar-refractivity contribution is 5.79. The van der Waals surface area contributed by atoms with Gasteiger partial charge in [-0.25, -0.2) is 0 Å². The van der Waals surface area contributed by atoms with Crippen molar-refractivity contribution < 1.29 is 9.53 Å². The Morgan fingerprint density at radius 1 is 1.55 bits per heavy atom. The van der Waals surface area contributed by atoms with E-state index >= 15 is 0 Å². The minimum atomic E-state index is -0.0556. The van der Waals surface area contributed by atoms with E-state index in [1.165, 1.54) is 12.8 Å². The quantitative estimate of drug-likeness (QED) is 0.497. The molecule has 2 heteroatoms. The van der Waals surface area contributed by atoms with Crippen molar-refractivity contribution >= 4 is 5.97 Å². The van der Waals surface area contributed by atoms with Crippen LogP contribution in [0, 0.1) is 11.3 Å². The van der Waals surface area contributed by atoms with E-state index in [0.29, 0.717) is 12.5 Å². The lowest BCUT2D eigenvalue weighted by molar-refractivity contribution is -0.147. The molecular formula is C9H14O2. The summed E-state index contributed by atoms with van der Waals surface area (Å²) in [5.41, 5.74) is -0.0556. The zero-order chi connectivity index (χ0) is 7.90. The first-order chi connectivity index (χ1) is 5.26. The fourth-order valence-electron chi connectivity index (χ4n) is 2.49. The van der Waals surface area contributed by atoms with Crippen molar-refractivity contribution in [2.45, 2.75) is 32.6 Å². The number of hydrogen-bond donors (Lipinski definition) is 0. The Hall–Kier alpha value is -0.530. The first kappa shape index (κ1) is 7.14. The first-order valence-electron chi connectivity index (χ1n) is 4.43. The van der Waals surface area contributed by atoms with Gasteiger partial charge < -0.3 is 4.74 Å². The lowest BCUT2D eigenvalue weighted by atomic mass is 9.78. The van der Waals surface area contributed by atoms with E-state index in [1.807, 2.05) is 0 Å². The van der Waals surface area contributed by atoms with Crippen LogP contribution in [0.4, 0.5) is 0 Å². The highest BCUT2D eigenvalue weighted by Gasteiger charge is 2.50. The maximum Gasteiger partial charge on any atom is 0.312 e. The number of rotatable bonds is 0. The molecule has 2 nitrogen and oxygen atoms in total. The molecule has 1 aliphatic carbocycles. The Morgan fingerprint density at radius 3 is 2.82 bits per heavy atom. The third-order valence-corrected chi connectivity index (χ3v) is 3.39. The van der Waals surface area contributed by atoms with E-state index < -0.39 is 0 Å². The Bertz CT molecular complexity index is 184. The predicted molar refractivity (Wildman–Crippen MR) is 41.0 cm³/mol. The van der Waals surface area contributed by atoms with Gasteiger partial charge in [-0.3, -0.25) is 4.79 Å².